The molecular weight excluding hydrogens is 388 g/mol. The van der Waals surface area contributed by atoms with Crippen molar-refractivity contribution in [2.24, 2.45) is 0 Å². The molecule has 0 spiro atoms. The van der Waals surface area contributed by atoms with Crippen molar-refractivity contribution in [2.75, 3.05) is 5.32 Å². The molecule has 0 bridgehead atoms. The summed E-state index contributed by atoms with van der Waals surface area (Å²) in [5.74, 6) is -0.423. The molecule has 0 unspecified atom stereocenters. The van der Waals surface area contributed by atoms with E-state index in [4.69, 9.17) is 11.6 Å². The van der Waals surface area contributed by atoms with Crippen LogP contribution in [0.1, 0.15) is 41.7 Å². The van der Waals surface area contributed by atoms with Crippen LogP contribution < -0.4 is 5.32 Å². The largest absolute Gasteiger partial charge is 0.393 e. The van der Waals surface area contributed by atoms with Crippen LogP contribution in [0.2, 0.25) is 5.02 Å². The summed E-state index contributed by atoms with van der Waals surface area (Å²) in [6.45, 7) is 1.81. The molecule has 1 heterocycles. The van der Waals surface area contributed by atoms with Crippen molar-refractivity contribution >= 4 is 33.0 Å². The van der Waals surface area contributed by atoms with Crippen molar-refractivity contribution in [2.45, 2.75) is 48.9 Å². The minimum atomic E-state index is -3.68. The minimum Gasteiger partial charge on any atom is -0.393 e. The molecule has 0 radical (unpaired) electrons. The number of aliphatic hydroxyl groups excluding tert-OH is 1. The van der Waals surface area contributed by atoms with Gasteiger partial charge in [-0.25, -0.2) is 8.42 Å². The van der Waals surface area contributed by atoms with Crippen LogP contribution in [0.15, 0.2) is 41.4 Å². The Kier molecular flexibility index (Phi) is 5.83. The van der Waals surface area contributed by atoms with Crippen molar-refractivity contribution in [1.29, 1.82) is 0 Å². The van der Waals surface area contributed by atoms with Gasteiger partial charge in [-0.3, -0.25) is 9.78 Å². The number of aliphatic hydroxyl groups is 1. The van der Waals surface area contributed by atoms with E-state index in [1.807, 2.05) is 6.92 Å². The summed E-state index contributed by atoms with van der Waals surface area (Å²) in [6, 6.07) is 7.63. The summed E-state index contributed by atoms with van der Waals surface area (Å²) < 4.78 is 26.0. The van der Waals surface area contributed by atoms with Crippen LogP contribution >= 0.6 is 11.6 Å². The zero-order chi connectivity index (χ0) is 19.6. The fourth-order valence-electron chi connectivity index (χ4n) is 3.22. The third kappa shape index (κ3) is 4.48. The van der Waals surface area contributed by atoms with Gasteiger partial charge in [-0.2, -0.15) is 0 Å². The summed E-state index contributed by atoms with van der Waals surface area (Å²) in [7, 11) is -3.68. The van der Waals surface area contributed by atoms with E-state index in [1.54, 1.807) is 18.3 Å². The summed E-state index contributed by atoms with van der Waals surface area (Å²) in [5, 5.41) is 11.8. The number of pyridine rings is 1. The van der Waals surface area contributed by atoms with E-state index in [1.165, 1.54) is 18.2 Å². The maximum absolute atomic E-state index is 13.0. The standard InChI is InChI=1S/C19H21ClN2O4S/c1-12-10-14(8-9-21-12)22-19(24)13-2-7-17(20)18(11-13)27(25,26)16-5-3-15(23)4-6-16/h2,7-11,15-16,23H,3-6H2,1H3,(H,21,22,24)/t15-,16-. The molecule has 6 nitrogen and oxygen atoms in total. The number of aryl methyl sites for hydroxylation is 1. The number of anilines is 1. The van der Waals surface area contributed by atoms with Crippen LogP contribution in [0.25, 0.3) is 0 Å². The first-order valence-corrected chi connectivity index (χ1v) is 10.7. The zero-order valence-electron chi connectivity index (χ0n) is 14.9. The molecule has 1 amide bonds. The van der Waals surface area contributed by atoms with Gasteiger partial charge in [-0.15, -0.1) is 0 Å². The predicted octanol–water partition coefficient (Wildman–Crippen LogP) is 3.37. The van der Waals surface area contributed by atoms with Gasteiger partial charge in [0, 0.05) is 23.1 Å². The average Bonchev–Trinajstić information content (AvgIpc) is 2.62. The molecule has 8 heteroatoms. The maximum Gasteiger partial charge on any atom is 0.255 e. The Balaban J connectivity index is 1.86. The highest BCUT2D eigenvalue weighted by Gasteiger charge is 2.33. The molecule has 1 aliphatic rings. The third-order valence-corrected chi connectivity index (χ3v) is 7.48. The summed E-state index contributed by atoms with van der Waals surface area (Å²) >= 11 is 6.15. The number of benzene rings is 1. The van der Waals surface area contributed by atoms with E-state index < -0.39 is 27.1 Å². The second-order valence-electron chi connectivity index (χ2n) is 6.76. The first-order valence-electron chi connectivity index (χ1n) is 8.73. The van der Waals surface area contributed by atoms with E-state index in [0.717, 1.165) is 5.69 Å². The minimum absolute atomic E-state index is 0.0379. The quantitative estimate of drug-likeness (QED) is 0.808. The Labute approximate surface area is 163 Å². The van der Waals surface area contributed by atoms with Crippen LogP contribution in [0.3, 0.4) is 0 Å². The van der Waals surface area contributed by atoms with Gasteiger partial charge in [0.2, 0.25) is 0 Å². The fourth-order valence-corrected chi connectivity index (χ4v) is 5.55. The van der Waals surface area contributed by atoms with E-state index in [9.17, 15) is 18.3 Å². The number of rotatable bonds is 4. The number of hydrogen-bond acceptors (Lipinski definition) is 5. The molecule has 0 saturated heterocycles. The van der Waals surface area contributed by atoms with Crippen LogP contribution in [-0.4, -0.2) is 35.8 Å². The SMILES string of the molecule is Cc1cc(NC(=O)c2ccc(Cl)c(S(=O)(=O)[C@H]3CC[C@H](O)CC3)c2)ccn1. The lowest BCUT2D eigenvalue weighted by Gasteiger charge is -2.25. The highest BCUT2D eigenvalue weighted by Crippen LogP contribution is 2.33. The molecule has 0 atom stereocenters. The van der Waals surface area contributed by atoms with Crippen molar-refractivity contribution in [3.05, 3.63) is 52.8 Å². The molecule has 144 valence electrons. The Morgan fingerprint density at radius 2 is 1.89 bits per heavy atom. The van der Waals surface area contributed by atoms with E-state index in [0.29, 0.717) is 31.4 Å². The van der Waals surface area contributed by atoms with Crippen molar-refractivity contribution < 1.29 is 18.3 Å². The fraction of sp³-hybridized carbons (Fsp3) is 0.368. The number of nitrogens with zero attached hydrogens (tertiary/aromatic N) is 1. The Bertz CT molecular complexity index is 954. The molecule has 3 rings (SSSR count). The monoisotopic (exact) mass is 408 g/mol. The van der Waals surface area contributed by atoms with E-state index >= 15 is 0 Å². The highest BCUT2D eigenvalue weighted by molar-refractivity contribution is 7.92. The predicted molar refractivity (Wildman–Crippen MR) is 104 cm³/mol. The van der Waals surface area contributed by atoms with Crippen molar-refractivity contribution in [3.63, 3.8) is 0 Å². The molecule has 0 aliphatic heterocycles. The molecule has 1 aliphatic carbocycles. The van der Waals surface area contributed by atoms with Crippen LogP contribution in [0, 0.1) is 6.92 Å². The van der Waals surface area contributed by atoms with E-state index in [-0.39, 0.29) is 15.5 Å². The maximum atomic E-state index is 13.0. The smallest absolute Gasteiger partial charge is 0.255 e. The van der Waals surface area contributed by atoms with Gasteiger partial charge in [-0.05, 0) is 62.9 Å². The number of carbonyl (C=O) groups is 1. The zero-order valence-corrected chi connectivity index (χ0v) is 16.4. The van der Waals surface area contributed by atoms with Gasteiger partial charge < -0.3 is 10.4 Å². The number of nitrogens with one attached hydrogen (secondary N) is 1. The van der Waals surface area contributed by atoms with Crippen molar-refractivity contribution in [1.82, 2.24) is 4.98 Å². The highest BCUT2D eigenvalue weighted by atomic mass is 35.5. The lowest BCUT2D eigenvalue weighted by Crippen LogP contribution is -2.29. The number of carbonyl (C=O) groups excluding carboxylic acids is 1. The topological polar surface area (TPSA) is 96.4 Å². The molecule has 27 heavy (non-hydrogen) atoms. The number of aromatic nitrogens is 1. The average molecular weight is 409 g/mol. The second kappa shape index (κ2) is 7.96. The van der Waals surface area contributed by atoms with Crippen LogP contribution in [0.4, 0.5) is 5.69 Å². The Morgan fingerprint density at radius 3 is 2.56 bits per heavy atom. The number of sulfone groups is 1. The van der Waals surface area contributed by atoms with E-state index in [2.05, 4.69) is 10.3 Å². The molecular formula is C19H21ClN2O4S. The van der Waals surface area contributed by atoms with Gasteiger partial charge in [0.05, 0.1) is 21.3 Å². The number of halogens is 1. The third-order valence-electron chi connectivity index (χ3n) is 4.74. The Hall–Kier alpha value is -1.96. The number of amides is 1. The molecule has 1 aromatic heterocycles. The van der Waals surface area contributed by atoms with Crippen molar-refractivity contribution in [3.8, 4) is 0 Å². The molecule has 2 aromatic rings. The Morgan fingerprint density at radius 1 is 1.19 bits per heavy atom. The lowest BCUT2D eigenvalue weighted by molar-refractivity contribution is 0.102. The molecule has 2 N–H and O–H groups in total. The van der Waals surface area contributed by atoms with Crippen LogP contribution in [-0.2, 0) is 9.84 Å². The van der Waals surface area contributed by atoms with Gasteiger partial charge in [0.25, 0.3) is 5.91 Å². The first kappa shape index (κ1) is 19.8. The summed E-state index contributed by atoms with van der Waals surface area (Å²) in [5.41, 5.74) is 1.54. The lowest BCUT2D eigenvalue weighted by atomic mass is 9.97. The van der Waals surface area contributed by atoms with Gasteiger partial charge in [-0.1, -0.05) is 11.6 Å². The van der Waals surface area contributed by atoms with Gasteiger partial charge >= 0.3 is 0 Å². The summed E-state index contributed by atoms with van der Waals surface area (Å²) in [6.07, 6.45) is 2.79. The van der Waals surface area contributed by atoms with Gasteiger partial charge in [0.1, 0.15) is 0 Å². The first-order chi connectivity index (χ1) is 12.8. The molecule has 1 fully saturated rings. The summed E-state index contributed by atoms with van der Waals surface area (Å²) in [4.78, 5) is 16.6. The van der Waals surface area contributed by atoms with Crippen LogP contribution in [0.5, 0.6) is 0 Å². The second-order valence-corrected chi connectivity index (χ2v) is 9.36. The molecule has 1 saturated carbocycles. The normalized spacial score (nSPS) is 20.3. The molecule has 1 aromatic carbocycles. The van der Waals surface area contributed by atoms with Gasteiger partial charge in [0.15, 0.2) is 9.84 Å². The number of hydrogen-bond donors (Lipinski definition) is 2.